The molecule has 0 radical (unpaired) electrons. The molecular formula is C8H13N7S. The molecule has 0 aliphatic heterocycles. The van der Waals surface area contributed by atoms with Crippen LogP contribution in [0.5, 0.6) is 0 Å². The number of hydrogen-bond donors (Lipinski definition) is 2. The third-order valence-electron chi connectivity index (χ3n) is 2.19. The van der Waals surface area contributed by atoms with Crippen LogP contribution in [0.3, 0.4) is 0 Å². The molecule has 2 rings (SSSR count). The van der Waals surface area contributed by atoms with Crippen LogP contribution in [0, 0.1) is 0 Å². The fourth-order valence-electron chi connectivity index (χ4n) is 1.49. The van der Waals surface area contributed by atoms with E-state index < -0.39 is 0 Å². The van der Waals surface area contributed by atoms with Gasteiger partial charge < -0.3 is 5.73 Å². The van der Waals surface area contributed by atoms with Crippen LogP contribution in [-0.4, -0.2) is 33.1 Å². The van der Waals surface area contributed by atoms with E-state index in [9.17, 15) is 0 Å². The average Bonchev–Trinajstić information content (AvgIpc) is 2.53. The highest BCUT2D eigenvalue weighted by molar-refractivity contribution is 7.98. The number of fused-ring (bicyclic) bond motifs is 1. The second kappa shape index (κ2) is 3.80. The first-order chi connectivity index (χ1) is 7.54. The van der Waals surface area contributed by atoms with E-state index in [-0.39, 0.29) is 0 Å². The Morgan fingerprint density at radius 1 is 1.38 bits per heavy atom. The SMILES string of the molecule is CSc1nc(N(C)N)c2c(N)nn(C)c2n1. The lowest BCUT2D eigenvalue weighted by Crippen LogP contribution is -2.26. The number of thioether (sulfide) groups is 1. The Morgan fingerprint density at radius 2 is 2.06 bits per heavy atom. The molecule has 86 valence electrons. The molecule has 2 aromatic heterocycles. The first-order valence-corrected chi connectivity index (χ1v) is 5.79. The van der Waals surface area contributed by atoms with E-state index in [4.69, 9.17) is 11.6 Å². The number of hydrazine groups is 1. The van der Waals surface area contributed by atoms with Gasteiger partial charge in [-0.2, -0.15) is 5.10 Å². The van der Waals surface area contributed by atoms with Crippen molar-refractivity contribution in [2.24, 2.45) is 12.9 Å². The summed E-state index contributed by atoms with van der Waals surface area (Å²) in [5.41, 5.74) is 6.49. The summed E-state index contributed by atoms with van der Waals surface area (Å²) in [6.45, 7) is 0. The summed E-state index contributed by atoms with van der Waals surface area (Å²) in [7, 11) is 3.49. The van der Waals surface area contributed by atoms with Crippen molar-refractivity contribution in [1.29, 1.82) is 0 Å². The Kier molecular flexibility index (Phi) is 2.60. The Morgan fingerprint density at radius 3 is 2.62 bits per heavy atom. The van der Waals surface area contributed by atoms with Crippen LogP contribution < -0.4 is 16.6 Å². The molecule has 16 heavy (non-hydrogen) atoms. The summed E-state index contributed by atoms with van der Waals surface area (Å²) in [6, 6.07) is 0. The number of aromatic nitrogens is 4. The minimum absolute atomic E-state index is 0.387. The number of nitrogens with zero attached hydrogens (tertiary/aromatic N) is 5. The number of hydrogen-bond acceptors (Lipinski definition) is 7. The normalized spacial score (nSPS) is 11.0. The van der Waals surface area contributed by atoms with E-state index in [0.29, 0.717) is 27.8 Å². The van der Waals surface area contributed by atoms with Gasteiger partial charge in [-0.3, -0.25) is 5.01 Å². The molecule has 2 heterocycles. The average molecular weight is 239 g/mol. The molecular weight excluding hydrogens is 226 g/mol. The topological polar surface area (TPSA) is 98.9 Å². The maximum atomic E-state index is 5.81. The number of aryl methyl sites for hydroxylation is 1. The first-order valence-electron chi connectivity index (χ1n) is 4.57. The van der Waals surface area contributed by atoms with Gasteiger partial charge in [0.15, 0.2) is 22.4 Å². The maximum Gasteiger partial charge on any atom is 0.191 e. The molecule has 0 aromatic carbocycles. The second-order valence-corrected chi connectivity index (χ2v) is 4.13. The van der Waals surface area contributed by atoms with Crippen molar-refractivity contribution >= 4 is 34.4 Å². The molecule has 8 heteroatoms. The fourth-order valence-corrected chi connectivity index (χ4v) is 1.84. The number of nitrogens with two attached hydrogens (primary N) is 2. The molecule has 0 fully saturated rings. The van der Waals surface area contributed by atoms with Gasteiger partial charge in [0.1, 0.15) is 5.39 Å². The van der Waals surface area contributed by atoms with Crippen molar-refractivity contribution in [3.63, 3.8) is 0 Å². The van der Waals surface area contributed by atoms with Crippen LogP contribution in [0.25, 0.3) is 11.0 Å². The summed E-state index contributed by atoms with van der Waals surface area (Å²) in [6.07, 6.45) is 1.90. The van der Waals surface area contributed by atoms with Crippen molar-refractivity contribution < 1.29 is 0 Å². The van der Waals surface area contributed by atoms with Gasteiger partial charge in [0.25, 0.3) is 0 Å². The third-order valence-corrected chi connectivity index (χ3v) is 2.74. The van der Waals surface area contributed by atoms with E-state index in [1.165, 1.54) is 16.8 Å². The Labute approximate surface area is 96.8 Å². The first kappa shape index (κ1) is 11.0. The standard InChI is InChI=1S/C8H13N7S/c1-14(10)6-4-5(9)13-15(2)7(4)12-8(11-6)16-3/h10H2,1-3H3,(H2,9,13). The van der Waals surface area contributed by atoms with Gasteiger partial charge in [0.2, 0.25) is 0 Å². The van der Waals surface area contributed by atoms with Crippen molar-refractivity contribution in [2.45, 2.75) is 5.16 Å². The van der Waals surface area contributed by atoms with Gasteiger partial charge in [-0.05, 0) is 6.26 Å². The molecule has 0 bridgehead atoms. The van der Waals surface area contributed by atoms with Gasteiger partial charge in [-0.1, -0.05) is 11.8 Å². The Bertz CT molecular complexity index is 533. The zero-order valence-electron chi connectivity index (χ0n) is 9.30. The predicted octanol–water partition coefficient (Wildman–Crippen LogP) is -0.0227. The van der Waals surface area contributed by atoms with E-state index in [0.717, 1.165) is 0 Å². The quantitative estimate of drug-likeness (QED) is 0.329. The van der Waals surface area contributed by atoms with Gasteiger partial charge in [0.05, 0.1) is 0 Å². The predicted molar refractivity (Wildman–Crippen MR) is 65.1 cm³/mol. The zero-order chi connectivity index (χ0) is 11.9. The highest BCUT2D eigenvalue weighted by Crippen LogP contribution is 2.28. The largest absolute Gasteiger partial charge is 0.382 e. The van der Waals surface area contributed by atoms with Crippen LogP contribution >= 0.6 is 11.8 Å². The lowest BCUT2D eigenvalue weighted by atomic mass is 10.3. The van der Waals surface area contributed by atoms with Crippen molar-refractivity contribution in [1.82, 2.24) is 19.7 Å². The Balaban J connectivity index is 2.84. The lowest BCUT2D eigenvalue weighted by Gasteiger charge is -2.12. The van der Waals surface area contributed by atoms with Crippen molar-refractivity contribution in [3.05, 3.63) is 0 Å². The molecule has 0 spiro atoms. The summed E-state index contributed by atoms with van der Waals surface area (Å²) < 4.78 is 1.62. The molecule has 0 saturated carbocycles. The molecule has 0 aliphatic rings. The van der Waals surface area contributed by atoms with Crippen molar-refractivity contribution in [3.8, 4) is 0 Å². The molecule has 0 aliphatic carbocycles. The van der Waals surface area contributed by atoms with Gasteiger partial charge in [0, 0.05) is 14.1 Å². The molecule has 0 amide bonds. The Hall–Kier alpha value is -1.54. The van der Waals surface area contributed by atoms with Crippen LogP contribution in [-0.2, 0) is 7.05 Å². The minimum Gasteiger partial charge on any atom is -0.382 e. The third kappa shape index (κ3) is 1.55. The van der Waals surface area contributed by atoms with Crippen LogP contribution in [0.15, 0.2) is 5.16 Å². The smallest absolute Gasteiger partial charge is 0.191 e. The lowest BCUT2D eigenvalue weighted by molar-refractivity contribution is 0.780. The molecule has 7 nitrogen and oxygen atoms in total. The number of rotatable bonds is 2. The zero-order valence-corrected chi connectivity index (χ0v) is 10.1. The monoisotopic (exact) mass is 239 g/mol. The van der Waals surface area contributed by atoms with Crippen LogP contribution in [0.4, 0.5) is 11.6 Å². The molecule has 4 N–H and O–H groups in total. The van der Waals surface area contributed by atoms with Gasteiger partial charge in [-0.15, -0.1) is 0 Å². The molecule has 0 saturated heterocycles. The van der Waals surface area contributed by atoms with Gasteiger partial charge >= 0.3 is 0 Å². The second-order valence-electron chi connectivity index (χ2n) is 3.35. The van der Waals surface area contributed by atoms with Crippen LogP contribution in [0.1, 0.15) is 0 Å². The number of anilines is 2. The summed E-state index contributed by atoms with van der Waals surface area (Å²) in [4.78, 5) is 8.66. The summed E-state index contributed by atoms with van der Waals surface area (Å²) in [5.74, 6) is 6.69. The highest BCUT2D eigenvalue weighted by atomic mass is 32.2. The summed E-state index contributed by atoms with van der Waals surface area (Å²) >= 11 is 1.45. The van der Waals surface area contributed by atoms with E-state index >= 15 is 0 Å². The highest BCUT2D eigenvalue weighted by Gasteiger charge is 2.16. The molecule has 0 unspecified atom stereocenters. The fraction of sp³-hybridized carbons (Fsp3) is 0.375. The maximum absolute atomic E-state index is 5.81. The van der Waals surface area contributed by atoms with Gasteiger partial charge in [-0.25, -0.2) is 20.5 Å². The minimum atomic E-state index is 0.387. The molecule has 2 aromatic rings. The molecule has 0 atom stereocenters. The van der Waals surface area contributed by atoms with E-state index in [2.05, 4.69) is 15.1 Å². The summed E-state index contributed by atoms with van der Waals surface area (Å²) in [5, 5.41) is 6.85. The van der Waals surface area contributed by atoms with E-state index in [1.807, 2.05) is 6.26 Å². The van der Waals surface area contributed by atoms with Crippen molar-refractivity contribution in [2.75, 3.05) is 24.0 Å². The van der Waals surface area contributed by atoms with Crippen LogP contribution in [0.2, 0.25) is 0 Å². The van der Waals surface area contributed by atoms with E-state index in [1.54, 1.807) is 18.8 Å². The number of nitrogen functional groups attached to an aromatic ring is 1.